The van der Waals surface area contributed by atoms with Crippen molar-refractivity contribution in [3.8, 4) is 0 Å². The lowest BCUT2D eigenvalue weighted by atomic mass is 9.83. The first-order valence-electron chi connectivity index (χ1n) is 10.9. The van der Waals surface area contributed by atoms with Crippen molar-refractivity contribution in [1.82, 2.24) is 10.2 Å². The average Bonchev–Trinajstić information content (AvgIpc) is 2.69. The Hall–Kier alpha value is -1.35. The Morgan fingerprint density at radius 1 is 1.08 bits per heavy atom. The quantitative estimate of drug-likeness (QED) is 0.761. The number of nitrogens with one attached hydrogen (secondary N) is 1. The smallest absolute Gasteiger partial charge is 0.251 e. The number of rotatable bonds is 7. The van der Waals surface area contributed by atoms with Crippen molar-refractivity contribution in [3.63, 3.8) is 0 Å². The van der Waals surface area contributed by atoms with Gasteiger partial charge in [-0.25, -0.2) is 0 Å². The van der Waals surface area contributed by atoms with Crippen molar-refractivity contribution < 1.29 is 4.79 Å². The number of aryl methyl sites for hydroxylation is 1. The van der Waals surface area contributed by atoms with Crippen LogP contribution >= 0.6 is 0 Å². The normalized spacial score (nSPS) is 24.3. The predicted octanol–water partition coefficient (Wildman–Crippen LogP) is 4.80. The molecule has 1 aliphatic heterocycles. The average molecular weight is 357 g/mol. The highest BCUT2D eigenvalue weighted by atomic mass is 16.1. The summed E-state index contributed by atoms with van der Waals surface area (Å²) >= 11 is 0. The van der Waals surface area contributed by atoms with Gasteiger partial charge in [-0.2, -0.15) is 0 Å². The van der Waals surface area contributed by atoms with Crippen molar-refractivity contribution in [1.29, 1.82) is 0 Å². The number of amides is 1. The van der Waals surface area contributed by atoms with Gasteiger partial charge in [-0.1, -0.05) is 50.8 Å². The summed E-state index contributed by atoms with van der Waals surface area (Å²) in [6.07, 6.45) is 12.3. The standard InChI is InChI=1S/C23H36N2O/c1-2-3-11-19-12-5-7-14-21(19)23(26)24-22-15-8-6-13-20(22)18-25-16-9-4-10-17-25/h5,7,12,14,20,22H,2-4,6,8-11,13,15-18H2,1H3,(H,24,26). The number of benzene rings is 1. The molecule has 1 amide bonds. The Balaban J connectivity index is 1.62. The number of carbonyl (C=O) groups is 1. The van der Waals surface area contributed by atoms with Crippen LogP contribution in [0.2, 0.25) is 0 Å². The monoisotopic (exact) mass is 356 g/mol. The molecular formula is C23H36N2O. The Kier molecular flexibility index (Phi) is 7.55. The fourth-order valence-electron chi connectivity index (χ4n) is 4.66. The van der Waals surface area contributed by atoms with E-state index < -0.39 is 0 Å². The van der Waals surface area contributed by atoms with Gasteiger partial charge in [-0.3, -0.25) is 4.79 Å². The number of unbranched alkanes of at least 4 members (excludes halogenated alkanes) is 1. The Morgan fingerprint density at radius 3 is 2.65 bits per heavy atom. The minimum Gasteiger partial charge on any atom is -0.349 e. The van der Waals surface area contributed by atoms with Gasteiger partial charge in [-0.15, -0.1) is 0 Å². The Bertz CT molecular complexity index is 565. The maximum absolute atomic E-state index is 13.0. The van der Waals surface area contributed by atoms with E-state index in [0.717, 1.165) is 31.2 Å². The summed E-state index contributed by atoms with van der Waals surface area (Å²) in [4.78, 5) is 15.6. The first kappa shape index (κ1) is 19.4. The molecule has 2 atom stereocenters. The number of hydrogen-bond donors (Lipinski definition) is 1. The van der Waals surface area contributed by atoms with Gasteiger partial charge in [0.1, 0.15) is 0 Å². The van der Waals surface area contributed by atoms with Crippen LogP contribution in [0.25, 0.3) is 0 Å². The molecule has 3 heteroatoms. The molecular weight excluding hydrogens is 320 g/mol. The van der Waals surface area contributed by atoms with Crippen LogP contribution in [-0.4, -0.2) is 36.5 Å². The molecule has 144 valence electrons. The first-order valence-corrected chi connectivity index (χ1v) is 10.9. The third kappa shape index (κ3) is 5.33. The van der Waals surface area contributed by atoms with E-state index in [1.165, 1.54) is 63.7 Å². The summed E-state index contributed by atoms with van der Waals surface area (Å²) < 4.78 is 0. The van der Waals surface area contributed by atoms with E-state index in [2.05, 4.69) is 29.3 Å². The minimum atomic E-state index is 0.146. The van der Waals surface area contributed by atoms with E-state index in [0.29, 0.717) is 12.0 Å². The van der Waals surface area contributed by atoms with E-state index in [4.69, 9.17) is 0 Å². The highest BCUT2D eigenvalue weighted by molar-refractivity contribution is 5.95. The fourth-order valence-corrected chi connectivity index (χ4v) is 4.66. The summed E-state index contributed by atoms with van der Waals surface area (Å²) in [6.45, 7) is 5.87. The molecule has 26 heavy (non-hydrogen) atoms. The molecule has 1 aliphatic carbocycles. The summed E-state index contributed by atoms with van der Waals surface area (Å²) in [5.74, 6) is 0.765. The number of likely N-dealkylation sites (tertiary alicyclic amines) is 1. The van der Waals surface area contributed by atoms with Gasteiger partial charge in [0.2, 0.25) is 0 Å². The lowest BCUT2D eigenvalue weighted by Crippen LogP contribution is -2.47. The zero-order valence-corrected chi connectivity index (χ0v) is 16.5. The molecule has 1 aromatic carbocycles. The highest BCUT2D eigenvalue weighted by Crippen LogP contribution is 2.27. The summed E-state index contributed by atoms with van der Waals surface area (Å²) in [6, 6.07) is 8.52. The summed E-state index contributed by atoms with van der Waals surface area (Å²) in [5.41, 5.74) is 2.10. The molecule has 0 radical (unpaired) electrons. The second kappa shape index (κ2) is 10.1. The van der Waals surface area contributed by atoms with Crippen LogP contribution in [0.1, 0.15) is 80.6 Å². The molecule has 2 unspecified atom stereocenters. The molecule has 1 saturated heterocycles. The largest absolute Gasteiger partial charge is 0.349 e. The van der Waals surface area contributed by atoms with Gasteiger partial charge in [0, 0.05) is 18.2 Å². The van der Waals surface area contributed by atoms with E-state index in [1.807, 2.05) is 12.1 Å². The van der Waals surface area contributed by atoms with Crippen molar-refractivity contribution in [2.45, 2.75) is 77.2 Å². The van der Waals surface area contributed by atoms with Gasteiger partial charge in [0.15, 0.2) is 0 Å². The third-order valence-electron chi connectivity index (χ3n) is 6.23. The zero-order chi connectivity index (χ0) is 18.2. The van der Waals surface area contributed by atoms with Crippen LogP contribution in [0, 0.1) is 5.92 Å². The van der Waals surface area contributed by atoms with Crippen molar-refractivity contribution >= 4 is 5.91 Å². The predicted molar refractivity (Wildman–Crippen MR) is 109 cm³/mol. The molecule has 0 spiro atoms. The molecule has 2 aliphatic rings. The van der Waals surface area contributed by atoms with E-state index in [9.17, 15) is 4.79 Å². The topological polar surface area (TPSA) is 32.3 Å². The highest BCUT2D eigenvalue weighted by Gasteiger charge is 2.29. The second-order valence-electron chi connectivity index (χ2n) is 8.25. The van der Waals surface area contributed by atoms with Crippen LogP contribution in [-0.2, 0) is 6.42 Å². The lowest BCUT2D eigenvalue weighted by molar-refractivity contribution is 0.0876. The molecule has 2 fully saturated rings. The number of nitrogens with zero attached hydrogens (tertiary/aromatic N) is 1. The molecule has 0 bridgehead atoms. The molecule has 3 rings (SSSR count). The first-order chi connectivity index (χ1) is 12.8. The van der Waals surface area contributed by atoms with Gasteiger partial charge < -0.3 is 10.2 Å². The van der Waals surface area contributed by atoms with Crippen LogP contribution in [0.4, 0.5) is 0 Å². The maximum atomic E-state index is 13.0. The van der Waals surface area contributed by atoms with Crippen molar-refractivity contribution in [2.24, 2.45) is 5.92 Å². The van der Waals surface area contributed by atoms with Crippen LogP contribution < -0.4 is 5.32 Å². The van der Waals surface area contributed by atoms with Crippen molar-refractivity contribution in [2.75, 3.05) is 19.6 Å². The van der Waals surface area contributed by atoms with E-state index in [1.54, 1.807) is 0 Å². The van der Waals surface area contributed by atoms with Gasteiger partial charge >= 0.3 is 0 Å². The molecule has 0 aromatic heterocycles. The number of piperidine rings is 1. The zero-order valence-electron chi connectivity index (χ0n) is 16.5. The molecule has 1 aromatic rings. The number of hydrogen-bond acceptors (Lipinski definition) is 2. The maximum Gasteiger partial charge on any atom is 0.251 e. The molecule has 1 N–H and O–H groups in total. The van der Waals surface area contributed by atoms with Gasteiger partial charge in [-0.05, 0) is 69.2 Å². The molecule has 1 heterocycles. The van der Waals surface area contributed by atoms with Gasteiger partial charge in [0.25, 0.3) is 5.91 Å². The van der Waals surface area contributed by atoms with E-state index >= 15 is 0 Å². The third-order valence-corrected chi connectivity index (χ3v) is 6.23. The van der Waals surface area contributed by atoms with Crippen LogP contribution in [0.15, 0.2) is 24.3 Å². The Morgan fingerprint density at radius 2 is 1.85 bits per heavy atom. The summed E-state index contributed by atoms with van der Waals surface area (Å²) in [5, 5.41) is 3.43. The van der Waals surface area contributed by atoms with Gasteiger partial charge in [0.05, 0.1) is 0 Å². The summed E-state index contributed by atoms with van der Waals surface area (Å²) in [7, 11) is 0. The molecule has 1 saturated carbocycles. The minimum absolute atomic E-state index is 0.146. The van der Waals surface area contributed by atoms with Crippen molar-refractivity contribution in [3.05, 3.63) is 35.4 Å². The SMILES string of the molecule is CCCCc1ccccc1C(=O)NC1CCCCC1CN1CCCCC1. The van der Waals surface area contributed by atoms with Crippen LogP contribution in [0.5, 0.6) is 0 Å². The van der Waals surface area contributed by atoms with Crippen LogP contribution in [0.3, 0.4) is 0 Å². The fraction of sp³-hybridized carbons (Fsp3) is 0.696. The Labute approximate surface area is 159 Å². The lowest BCUT2D eigenvalue weighted by Gasteiger charge is -2.37. The van der Waals surface area contributed by atoms with E-state index in [-0.39, 0.29) is 5.91 Å². The molecule has 3 nitrogen and oxygen atoms in total. The second-order valence-corrected chi connectivity index (χ2v) is 8.25. The number of carbonyl (C=O) groups excluding carboxylic acids is 1.